The van der Waals surface area contributed by atoms with Crippen LogP contribution in [0.3, 0.4) is 0 Å². The van der Waals surface area contributed by atoms with Gasteiger partial charge in [-0.2, -0.15) is 5.26 Å². The minimum absolute atomic E-state index is 0.170. The van der Waals surface area contributed by atoms with Gasteiger partial charge in [0.1, 0.15) is 0 Å². The molecule has 1 rings (SSSR count). The summed E-state index contributed by atoms with van der Waals surface area (Å²) in [6.07, 6.45) is 3.71. The van der Waals surface area contributed by atoms with Gasteiger partial charge in [0, 0.05) is 5.70 Å². The van der Waals surface area contributed by atoms with Crippen LogP contribution in [0.15, 0.2) is 11.8 Å². The number of rotatable bonds is 0. The fourth-order valence-electron chi connectivity index (χ4n) is 2.19. The summed E-state index contributed by atoms with van der Waals surface area (Å²) in [6, 6.07) is 2.31. The lowest BCUT2D eigenvalue weighted by molar-refractivity contribution is 0.240. The van der Waals surface area contributed by atoms with Crippen molar-refractivity contribution in [2.45, 2.75) is 33.6 Å². The number of nitrogens with two attached hydrogens (primary N) is 1. The Balaban J connectivity index is 2.98. The molecule has 2 heteroatoms. The normalized spacial score (nSPS) is 33.7. The molecule has 1 aliphatic rings. The Hall–Kier alpha value is -0.970. The molecule has 2 N–H and O–H groups in total. The van der Waals surface area contributed by atoms with E-state index in [1.54, 1.807) is 0 Å². The third-order valence-electron chi connectivity index (χ3n) is 2.29. The van der Waals surface area contributed by atoms with Crippen molar-refractivity contribution >= 4 is 0 Å². The van der Waals surface area contributed by atoms with E-state index in [4.69, 9.17) is 11.0 Å². The zero-order valence-corrected chi connectivity index (χ0v) is 8.02. The fourth-order valence-corrected chi connectivity index (χ4v) is 2.19. The Morgan fingerprint density at radius 2 is 2.08 bits per heavy atom. The highest BCUT2D eigenvalue weighted by Crippen LogP contribution is 2.42. The van der Waals surface area contributed by atoms with Crippen LogP contribution in [0.5, 0.6) is 0 Å². The summed E-state index contributed by atoms with van der Waals surface area (Å²) < 4.78 is 0. The first-order chi connectivity index (χ1) is 5.37. The van der Waals surface area contributed by atoms with Crippen molar-refractivity contribution in [3.8, 4) is 6.07 Å². The van der Waals surface area contributed by atoms with E-state index in [1.807, 2.05) is 13.0 Å². The summed E-state index contributed by atoms with van der Waals surface area (Å²) in [6.45, 7) is 6.26. The maximum absolute atomic E-state index is 8.95. The van der Waals surface area contributed by atoms with Crippen LogP contribution in [0, 0.1) is 22.2 Å². The molecular weight excluding hydrogens is 148 g/mol. The summed E-state index contributed by atoms with van der Waals surface area (Å²) in [5.41, 5.74) is 6.44. The van der Waals surface area contributed by atoms with Gasteiger partial charge in [0.2, 0.25) is 0 Å². The van der Waals surface area contributed by atoms with E-state index >= 15 is 0 Å². The second kappa shape index (κ2) is 2.52. The lowest BCUT2D eigenvalue weighted by Crippen LogP contribution is -2.30. The Morgan fingerprint density at radius 3 is 2.50 bits per heavy atom. The van der Waals surface area contributed by atoms with Crippen molar-refractivity contribution < 1.29 is 0 Å². The number of hydrogen-bond acceptors (Lipinski definition) is 2. The molecule has 0 aromatic carbocycles. The summed E-state index contributed by atoms with van der Waals surface area (Å²) in [5.74, 6) is 0. The molecule has 0 aliphatic heterocycles. The molecule has 0 saturated heterocycles. The van der Waals surface area contributed by atoms with Gasteiger partial charge in [-0.1, -0.05) is 13.8 Å². The van der Waals surface area contributed by atoms with E-state index in [2.05, 4.69) is 19.9 Å². The number of allylic oxidation sites excluding steroid dienone is 2. The highest BCUT2D eigenvalue weighted by atomic mass is 14.6. The maximum Gasteiger partial charge on any atom is 0.0750 e. The van der Waals surface area contributed by atoms with Crippen LogP contribution in [0.2, 0.25) is 0 Å². The van der Waals surface area contributed by atoms with Crippen LogP contribution in [-0.2, 0) is 0 Å². The van der Waals surface area contributed by atoms with Gasteiger partial charge in [-0.05, 0) is 31.3 Å². The molecule has 0 aromatic heterocycles. The Morgan fingerprint density at radius 1 is 1.50 bits per heavy atom. The predicted octanol–water partition coefficient (Wildman–Crippen LogP) is 2.18. The summed E-state index contributed by atoms with van der Waals surface area (Å²) in [5, 5.41) is 8.95. The molecule has 0 saturated carbocycles. The first-order valence-corrected chi connectivity index (χ1v) is 4.25. The van der Waals surface area contributed by atoms with Gasteiger partial charge in [-0.3, -0.25) is 0 Å². The molecule has 0 fully saturated rings. The summed E-state index contributed by atoms with van der Waals surface area (Å²) >= 11 is 0. The third kappa shape index (κ3) is 1.79. The number of nitriles is 1. The average Bonchev–Trinajstić information content (AvgIpc) is 1.82. The van der Waals surface area contributed by atoms with E-state index in [0.717, 1.165) is 18.5 Å². The van der Waals surface area contributed by atoms with E-state index in [1.165, 1.54) is 0 Å². The van der Waals surface area contributed by atoms with Crippen LogP contribution < -0.4 is 5.73 Å². The lowest BCUT2D eigenvalue weighted by atomic mass is 9.68. The fraction of sp³-hybridized carbons (Fsp3) is 0.700. The molecule has 0 radical (unpaired) electrons. The highest BCUT2D eigenvalue weighted by molar-refractivity contribution is 5.20. The molecule has 0 aromatic rings. The van der Waals surface area contributed by atoms with Crippen molar-refractivity contribution in [2.75, 3.05) is 0 Å². The second-order valence-corrected chi connectivity index (χ2v) is 4.77. The molecule has 2 nitrogen and oxygen atoms in total. The standard InChI is InChI=1S/C10H16N2/c1-9(2)4-8(12)5-10(3,6-9)7-11/h5H,4,6,12H2,1-3H3. The van der Waals surface area contributed by atoms with E-state index in [0.29, 0.717) is 0 Å². The molecule has 1 aliphatic carbocycles. The molecule has 66 valence electrons. The van der Waals surface area contributed by atoms with Gasteiger partial charge in [0.25, 0.3) is 0 Å². The SMILES string of the molecule is CC1(C#N)C=C(N)CC(C)(C)C1. The zero-order chi connectivity index (χ0) is 9.41. The number of nitrogens with zero attached hydrogens (tertiary/aromatic N) is 1. The van der Waals surface area contributed by atoms with Crippen LogP contribution in [0.4, 0.5) is 0 Å². The Kier molecular flexibility index (Phi) is 1.91. The Bertz CT molecular complexity index is 258. The van der Waals surface area contributed by atoms with Gasteiger partial charge in [0.05, 0.1) is 11.5 Å². The van der Waals surface area contributed by atoms with Crippen molar-refractivity contribution in [2.24, 2.45) is 16.6 Å². The van der Waals surface area contributed by atoms with Crippen LogP contribution in [0.1, 0.15) is 33.6 Å². The monoisotopic (exact) mass is 164 g/mol. The van der Waals surface area contributed by atoms with E-state index < -0.39 is 0 Å². The predicted molar refractivity (Wildman–Crippen MR) is 49.0 cm³/mol. The van der Waals surface area contributed by atoms with Crippen LogP contribution in [-0.4, -0.2) is 0 Å². The van der Waals surface area contributed by atoms with Crippen LogP contribution in [0.25, 0.3) is 0 Å². The van der Waals surface area contributed by atoms with E-state index in [-0.39, 0.29) is 10.8 Å². The topological polar surface area (TPSA) is 49.8 Å². The van der Waals surface area contributed by atoms with Crippen LogP contribution >= 0.6 is 0 Å². The summed E-state index contributed by atoms with van der Waals surface area (Å²) in [7, 11) is 0. The zero-order valence-electron chi connectivity index (χ0n) is 8.02. The quantitative estimate of drug-likeness (QED) is 0.596. The Labute approximate surface area is 74.1 Å². The number of hydrogen-bond donors (Lipinski definition) is 1. The average molecular weight is 164 g/mol. The largest absolute Gasteiger partial charge is 0.402 e. The van der Waals surface area contributed by atoms with Crippen molar-refractivity contribution in [3.63, 3.8) is 0 Å². The second-order valence-electron chi connectivity index (χ2n) is 4.77. The molecule has 0 spiro atoms. The molecule has 0 bridgehead atoms. The first-order valence-electron chi connectivity index (χ1n) is 4.25. The van der Waals surface area contributed by atoms with Crippen molar-refractivity contribution in [1.29, 1.82) is 5.26 Å². The van der Waals surface area contributed by atoms with Gasteiger partial charge >= 0.3 is 0 Å². The molecule has 12 heavy (non-hydrogen) atoms. The maximum atomic E-state index is 8.95. The smallest absolute Gasteiger partial charge is 0.0750 e. The minimum atomic E-state index is -0.355. The molecule has 0 amide bonds. The van der Waals surface area contributed by atoms with E-state index in [9.17, 15) is 0 Å². The lowest BCUT2D eigenvalue weighted by Gasteiger charge is -2.36. The third-order valence-corrected chi connectivity index (χ3v) is 2.29. The van der Waals surface area contributed by atoms with Gasteiger partial charge < -0.3 is 5.73 Å². The highest BCUT2D eigenvalue weighted by Gasteiger charge is 2.35. The minimum Gasteiger partial charge on any atom is -0.402 e. The molecule has 1 unspecified atom stereocenters. The van der Waals surface area contributed by atoms with Gasteiger partial charge in [-0.25, -0.2) is 0 Å². The van der Waals surface area contributed by atoms with Crippen molar-refractivity contribution in [1.82, 2.24) is 0 Å². The van der Waals surface area contributed by atoms with Gasteiger partial charge in [-0.15, -0.1) is 0 Å². The molecule has 1 atom stereocenters. The molecule has 0 heterocycles. The first kappa shape index (κ1) is 9.12. The summed E-state index contributed by atoms with van der Waals surface area (Å²) in [4.78, 5) is 0. The van der Waals surface area contributed by atoms with Gasteiger partial charge in [0.15, 0.2) is 0 Å². The van der Waals surface area contributed by atoms with Crippen molar-refractivity contribution in [3.05, 3.63) is 11.8 Å². The molecular formula is C10H16N2.